The summed E-state index contributed by atoms with van der Waals surface area (Å²) >= 11 is 1.96. The van der Waals surface area contributed by atoms with E-state index in [4.69, 9.17) is 0 Å². The summed E-state index contributed by atoms with van der Waals surface area (Å²) in [4.78, 5) is 1.41. The van der Waals surface area contributed by atoms with Crippen molar-refractivity contribution in [2.24, 2.45) is 5.92 Å². The molecule has 0 atom stereocenters. The normalized spacial score (nSPS) is 27.4. The van der Waals surface area contributed by atoms with Crippen molar-refractivity contribution < 1.29 is 5.11 Å². The van der Waals surface area contributed by atoms with Crippen molar-refractivity contribution in [1.29, 1.82) is 0 Å². The number of benzene rings is 1. The largest absolute Gasteiger partial charge is 0.393 e. The molecule has 2 N–H and O–H groups in total. The molecule has 18 heavy (non-hydrogen) atoms. The molecule has 1 aromatic rings. The third-order valence-electron chi connectivity index (χ3n) is 4.06. The van der Waals surface area contributed by atoms with Crippen LogP contribution in [0.3, 0.4) is 0 Å². The molecule has 3 rings (SSSR count). The summed E-state index contributed by atoms with van der Waals surface area (Å²) in [6.45, 7) is 1.08. The SMILES string of the molecule is OC1CCC(Cc2ccc3c(c2)SCCN3)CC1. The molecule has 0 spiro atoms. The Kier molecular flexibility index (Phi) is 3.80. The van der Waals surface area contributed by atoms with Crippen molar-refractivity contribution in [2.45, 2.75) is 43.1 Å². The number of rotatable bonds is 2. The molecule has 1 aliphatic heterocycles. The average molecular weight is 263 g/mol. The van der Waals surface area contributed by atoms with Gasteiger partial charge in [-0.3, -0.25) is 0 Å². The van der Waals surface area contributed by atoms with Gasteiger partial charge in [0.25, 0.3) is 0 Å². The third-order valence-corrected chi connectivity index (χ3v) is 5.12. The molecule has 98 valence electrons. The highest BCUT2D eigenvalue weighted by Crippen LogP contribution is 2.33. The van der Waals surface area contributed by atoms with Crippen molar-refractivity contribution in [1.82, 2.24) is 0 Å². The van der Waals surface area contributed by atoms with E-state index in [9.17, 15) is 5.11 Å². The van der Waals surface area contributed by atoms with E-state index in [0.29, 0.717) is 0 Å². The maximum Gasteiger partial charge on any atom is 0.0540 e. The van der Waals surface area contributed by atoms with Gasteiger partial charge in [0.2, 0.25) is 0 Å². The highest BCUT2D eigenvalue weighted by molar-refractivity contribution is 7.99. The van der Waals surface area contributed by atoms with Crippen molar-refractivity contribution in [2.75, 3.05) is 17.6 Å². The van der Waals surface area contributed by atoms with E-state index in [0.717, 1.165) is 25.3 Å². The number of hydrogen-bond donors (Lipinski definition) is 2. The minimum atomic E-state index is -0.0375. The lowest BCUT2D eigenvalue weighted by Gasteiger charge is -2.26. The highest BCUT2D eigenvalue weighted by Gasteiger charge is 2.20. The Hall–Kier alpha value is -0.670. The number of hydrogen-bond acceptors (Lipinski definition) is 3. The summed E-state index contributed by atoms with van der Waals surface area (Å²) in [5, 5.41) is 13.0. The quantitative estimate of drug-likeness (QED) is 0.858. The molecule has 1 fully saturated rings. The number of nitrogens with one attached hydrogen (secondary N) is 1. The molecule has 0 radical (unpaired) electrons. The molecular formula is C15H21NOS. The Labute approximate surface area is 113 Å². The van der Waals surface area contributed by atoms with E-state index >= 15 is 0 Å². The molecule has 3 heteroatoms. The summed E-state index contributed by atoms with van der Waals surface area (Å²) in [5.41, 5.74) is 2.76. The van der Waals surface area contributed by atoms with Crippen molar-refractivity contribution in [3.8, 4) is 0 Å². The Morgan fingerprint density at radius 3 is 2.89 bits per heavy atom. The molecular weight excluding hydrogens is 242 g/mol. The Morgan fingerprint density at radius 2 is 2.06 bits per heavy atom. The van der Waals surface area contributed by atoms with Crippen LogP contribution >= 0.6 is 11.8 Å². The van der Waals surface area contributed by atoms with E-state index in [2.05, 4.69) is 23.5 Å². The fourth-order valence-electron chi connectivity index (χ4n) is 2.99. The van der Waals surface area contributed by atoms with Crippen molar-refractivity contribution >= 4 is 17.4 Å². The van der Waals surface area contributed by atoms with Gasteiger partial charge in [0.15, 0.2) is 0 Å². The number of anilines is 1. The zero-order valence-corrected chi connectivity index (χ0v) is 11.5. The van der Waals surface area contributed by atoms with Crippen LogP contribution in [0.4, 0.5) is 5.69 Å². The minimum Gasteiger partial charge on any atom is -0.393 e. The van der Waals surface area contributed by atoms with Gasteiger partial charge in [0.1, 0.15) is 0 Å². The molecule has 0 bridgehead atoms. The van der Waals surface area contributed by atoms with Gasteiger partial charge < -0.3 is 10.4 Å². The molecule has 0 aromatic heterocycles. The van der Waals surface area contributed by atoms with Crippen LogP contribution in [0.5, 0.6) is 0 Å². The summed E-state index contributed by atoms with van der Waals surface area (Å²) in [5.74, 6) is 1.94. The average Bonchev–Trinajstić information content (AvgIpc) is 2.41. The molecule has 2 nitrogen and oxygen atoms in total. The fraction of sp³-hybridized carbons (Fsp3) is 0.600. The predicted octanol–water partition coefficient (Wildman–Crippen LogP) is 3.30. The van der Waals surface area contributed by atoms with Crippen LogP contribution in [0, 0.1) is 5.92 Å². The summed E-state index contributed by atoms with van der Waals surface area (Å²) in [7, 11) is 0. The van der Waals surface area contributed by atoms with Gasteiger partial charge in [-0.15, -0.1) is 11.8 Å². The lowest BCUT2D eigenvalue weighted by molar-refractivity contribution is 0.108. The van der Waals surface area contributed by atoms with Gasteiger partial charge in [-0.1, -0.05) is 6.07 Å². The first-order chi connectivity index (χ1) is 8.81. The molecule has 0 saturated heterocycles. The molecule has 2 aliphatic rings. The lowest BCUT2D eigenvalue weighted by Crippen LogP contribution is -2.19. The minimum absolute atomic E-state index is 0.0375. The summed E-state index contributed by atoms with van der Waals surface area (Å²) in [6, 6.07) is 6.86. The second-order valence-electron chi connectivity index (χ2n) is 5.48. The predicted molar refractivity (Wildman–Crippen MR) is 77.3 cm³/mol. The van der Waals surface area contributed by atoms with Crippen LogP contribution in [0.2, 0.25) is 0 Å². The van der Waals surface area contributed by atoms with E-state index in [1.165, 1.54) is 41.2 Å². The van der Waals surface area contributed by atoms with Crippen LogP contribution in [-0.2, 0) is 6.42 Å². The first kappa shape index (κ1) is 12.4. The maximum atomic E-state index is 9.54. The zero-order chi connectivity index (χ0) is 12.4. The van der Waals surface area contributed by atoms with Crippen LogP contribution in [0.25, 0.3) is 0 Å². The lowest BCUT2D eigenvalue weighted by atomic mass is 9.83. The summed E-state index contributed by atoms with van der Waals surface area (Å²) < 4.78 is 0. The highest BCUT2D eigenvalue weighted by atomic mass is 32.2. The second-order valence-corrected chi connectivity index (χ2v) is 6.62. The van der Waals surface area contributed by atoms with Crippen LogP contribution in [0.15, 0.2) is 23.1 Å². The Balaban J connectivity index is 1.66. The third kappa shape index (κ3) is 2.83. The zero-order valence-electron chi connectivity index (χ0n) is 10.7. The Morgan fingerprint density at radius 1 is 1.22 bits per heavy atom. The molecule has 1 aliphatic carbocycles. The summed E-state index contributed by atoms with van der Waals surface area (Å²) in [6.07, 6.45) is 5.50. The number of fused-ring (bicyclic) bond motifs is 1. The van der Waals surface area contributed by atoms with Crippen LogP contribution in [0.1, 0.15) is 31.2 Å². The molecule has 0 unspecified atom stereocenters. The van der Waals surface area contributed by atoms with E-state index in [-0.39, 0.29) is 6.10 Å². The van der Waals surface area contributed by atoms with Gasteiger partial charge in [0.05, 0.1) is 6.10 Å². The van der Waals surface area contributed by atoms with Gasteiger partial charge in [-0.05, 0) is 55.7 Å². The molecule has 0 amide bonds. The Bertz CT molecular complexity index is 413. The first-order valence-corrected chi connectivity index (χ1v) is 7.97. The van der Waals surface area contributed by atoms with E-state index in [1.807, 2.05) is 11.8 Å². The van der Waals surface area contributed by atoms with Crippen molar-refractivity contribution in [3.63, 3.8) is 0 Å². The fourth-order valence-corrected chi connectivity index (χ4v) is 3.94. The van der Waals surface area contributed by atoms with E-state index in [1.54, 1.807) is 0 Å². The first-order valence-electron chi connectivity index (χ1n) is 6.99. The van der Waals surface area contributed by atoms with Crippen LogP contribution < -0.4 is 5.32 Å². The topological polar surface area (TPSA) is 32.3 Å². The monoisotopic (exact) mass is 263 g/mol. The number of aliphatic hydroxyl groups excluding tert-OH is 1. The van der Waals surface area contributed by atoms with E-state index < -0.39 is 0 Å². The van der Waals surface area contributed by atoms with Gasteiger partial charge >= 0.3 is 0 Å². The van der Waals surface area contributed by atoms with Crippen LogP contribution in [-0.4, -0.2) is 23.5 Å². The molecule has 1 heterocycles. The van der Waals surface area contributed by atoms with Gasteiger partial charge in [0, 0.05) is 22.9 Å². The van der Waals surface area contributed by atoms with Crippen molar-refractivity contribution in [3.05, 3.63) is 23.8 Å². The number of aliphatic hydroxyl groups is 1. The standard InChI is InChI=1S/C15H21NOS/c17-13-4-1-11(2-5-13)9-12-3-6-14-15(10-12)18-8-7-16-14/h3,6,10-11,13,16-17H,1-2,4-5,7-9H2. The molecule has 1 aromatic carbocycles. The van der Waals surface area contributed by atoms with Gasteiger partial charge in [-0.2, -0.15) is 0 Å². The van der Waals surface area contributed by atoms with Gasteiger partial charge in [-0.25, -0.2) is 0 Å². The maximum absolute atomic E-state index is 9.54. The molecule has 1 saturated carbocycles. The second kappa shape index (κ2) is 5.54. The number of thioether (sulfide) groups is 1. The smallest absolute Gasteiger partial charge is 0.0540 e.